The van der Waals surface area contributed by atoms with Crippen LogP contribution < -0.4 is 0 Å². The lowest BCUT2D eigenvalue weighted by atomic mass is 10.4. The quantitative estimate of drug-likeness (QED) is 0.521. The minimum absolute atomic E-state index is 0.445. The molecule has 0 aliphatic heterocycles. The van der Waals surface area contributed by atoms with Crippen molar-refractivity contribution in [2.45, 2.75) is 5.88 Å². The van der Waals surface area contributed by atoms with Crippen molar-refractivity contribution in [3.63, 3.8) is 0 Å². The van der Waals surface area contributed by atoms with E-state index in [9.17, 15) is 0 Å². The predicted molar refractivity (Wildman–Crippen MR) is 32.6 cm³/mol. The van der Waals surface area contributed by atoms with Crippen molar-refractivity contribution in [3.8, 4) is 0 Å². The number of alkyl halides is 1. The van der Waals surface area contributed by atoms with E-state index in [4.69, 9.17) is 11.6 Å². The molecule has 1 radical (unpaired) electrons. The highest BCUT2D eigenvalue weighted by Crippen LogP contribution is 1.94. The van der Waals surface area contributed by atoms with Gasteiger partial charge in [0.1, 0.15) is 0 Å². The molecule has 0 N–H and O–H groups in total. The number of nitrogens with zero attached hydrogens (tertiary/aromatic N) is 1. The number of rotatable bonds is 1. The molecule has 2 heteroatoms. The standard InChI is InChI=1S/C6H5ClN/c7-5-6-3-1-2-4-8-6/h1-2,4H,5H2. The molecule has 0 saturated carbocycles. The topological polar surface area (TPSA) is 12.9 Å². The third-order valence-corrected chi connectivity index (χ3v) is 1.04. The summed E-state index contributed by atoms with van der Waals surface area (Å²) in [7, 11) is 0. The van der Waals surface area contributed by atoms with Crippen LogP contribution in [0.4, 0.5) is 0 Å². The van der Waals surface area contributed by atoms with Crippen LogP contribution in [0.5, 0.6) is 0 Å². The lowest BCUT2D eigenvalue weighted by Gasteiger charge is -1.86. The van der Waals surface area contributed by atoms with Crippen molar-refractivity contribution in [1.82, 2.24) is 4.98 Å². The van der Waals surface area contributed by atoms with E-state index in [0.29, 0.717) is 5.88 Å². The third kappa shape index (κ3) is 1.20. The predicted octanol–water partition coefficient (Wildman–Crippen LogP) is 1.62. The minimum atomic E-state index is 0.445. The smallest absolute Gasteiger partial charge is 0.0653 e. The summed E-state index contributed by atoms with van der Waals surface area (Å²) in [6.45, 7) is 0. The van der Waals surface area contributed by atoms with Gasteiger partial charge in [-0.1, -0.05) is 6.07 Å². The van der Waals surface area contributed by atoms with Crippen molar-refractivity contribution < 1.29 is 0 Å². The molecule has 0 aliphatic carbocycles. The normalized spacial score (nSPS) is 9.12. The fourth-order valence-electron chi connectivity index (χ4n) is 0.431. The largest absolute Gasteiger partial charge is 0.259 e. The fraction of sp³-hybridized carbons (Fsp3) is 0.167. The Labute approximate surface area is 53.3 Å². The molecule has 1 nitrogen and oxygen atoms in total. The number of hydrogen-bond acceptors (Lipinski definition) is 1. The lowest BCUT2D eigenvalue weighted by Crippen LogP contribution is -1.80. The number of hydrogen-bond donors (Lipinski definition) is 0. The summed E-state index contributed by atoms with van der Waals surface area (Å²) in [5.74, 6) is 0.445. The van der Waals surface area contributed by atoms with Gasteiger partial charge in [0.25, 0.3) is 0 Å². The van der Waals surface area contributed by atoms with Crippen LogP contribution >= 0.6 is 11.6 Å². The maximum atomic E-state index is 5.43. The molecule has 1 aromatic heterocycles. The Balaban J connectivity index is 2.83. The molecule has 0 bridgehead atoms. The fourth-order valence-corrected chi connectivity index (χ4v) is 0.577. The Bertz CT molecular complexity index is 150. The van der Waals surface area contributed by atoms with Crippen LogP contribution in [-0.2, 0) is 5.88 Å². The third-order valence-electron chi connectivity index (χ3n) is 0.789. The number of aromatic nitrogens is 1. The van der Waals surface area contributed by atoms with E-state index in [1.807, 2.05) is 6.07 Å². The van der Waals surface area contributed by atoms with Gasteiger partial charge < -0.3 is 0 Å². The SMILES string of the molecule is ClCc1[c]cccn1. The molecule has 0 unspecified atom stereocenters. The highest BCUT2D eigenvalue weighted by molar-refractivity contribution is 6.16. The monoisotopic (exact) mass is 126 g/mol. The summed E-state index contributed by atoms with van der Waals surface area (Å²) in [6.07, 6.45) is 1.70. The molecule has 0 atom stereocenters. The summed E-state index contributed by atoms with van der Waals surface area (Å²) in [6, 6.07) is 6.49. The maximum absolute atomic E-state index is 5.43. The second-order valence-corrected chi connectivity index (χ2v) is 1.63. The first kappa shape index (κ1) is 5.57. The van der Waals surface area contributed by atoms with Crippen molar-refractivity contribution >= 4 is 11.6 Å². The van der Waals surface area contributed by atoms with Gasteiger partial charge in [-0.05, 0) is 6.07 Å². The minimum Gasteiger partial charge on any atom is -0.259 e. The van der Waals surface area contributed by atoms with E-state index < -0.39 is 0 Å². The molecule has 41 valence electrons. The van der Waals surface area contributed by atoms with Crippen LogP contribution in [0.1, 0.15) is 5.69 Å². The first-order valence-electron chi connectivity index (χ1n) is 2.31. The summed E-state index contributed by atoms with van der Waals surface area (Å²) < 4.78 is 0. The van der Waals surface area contributed by atoms with E-state index in [1.165, 1.54) is 0 Å². The van der Waals surface area contributed by atoms with Crippen LogP contribution in [0.25, 0.3) is 0 Å². The van der Waals surface area contributed by atoms with E-state index in [2.05, 4.69) is 11.1 Å². The zero-order chi connectivity index (χ0) is 5.82. The molecule has 8 heavy (non-hydrogen) atoms. The van der Waals surface area contributed by atoms with Gasteiger partial charge in [-0.25, -0.2) is 0 Å². The van der Waals surface area contributed by atoms with Crippen molar-refractivity contribution in [1.29, 1.82) is 0 Å². The molecule has 1 aromatic rings. The lowest BCUT2D eigenvalue weighted by molar-refractivity contribution is 1.16. The summed E-state index contributed by atoms with van der Waals surface area (Å²) >= 11 is 5.43. The van der Waals surface area contributed by atoms with Gasteiger partial charge in [-0.3, -0.25) is 4.98 Å². The molecular weight excluding hydrogens is 122 g/mol. The van der Waals surface area contributed by atoms with Crippen molar-refractivity contribution in [2.24, 2.45) is 0 Å². The van der Waals surface area contributed by atoms with Crippen LogP contribution in [0.15, 0.2) is 18.3 Å². The molecule has 1 heterocycles. The Kier molecular flexibility index (Phi) is 1.86. The molecular formula is C6H5ClN. The summed E-state index contributed by atoms with van der Waals surface area (Å²) in [5.41, 5.74) is 0.800. The zero-order valence-corrected chi connectivity index (χ0v) is 5.02. The van der Waals surface area contributed by atoms with Gasteiger partial charge in [0, 0.05) is 12.3 Å². The second kappa shape index (κ2) is 2.68. The van der Waals surface area contributed by atoms with E-state index in [1.54, 1.807) is 12.3 Å². The van der Waals surface area contributed by atoms with Gasteiger partial charge in [0.2, 0.25) is 0 Å². The van der Waals surface area contributed by atoms with Crippen LogP contribution in [-0.4, -0.2) is 4.98 Å². The van der Waals surface area contributed by atoms with Gasteiger partial charge in [0.05, 0.1) is 11.6 Å². The van der Waals surface area contributed by atoms with Crippen LogP contribution in [0, 0.1) is 6.07 Å². The van der Waals surface area contributed by atoms with Crippen LogP contribution in [0.3, 0.4) is 0 Å². The molecule has 0 aromatic carbocycles. The molecule has 0 aliphatic rings. The van der Waals surface area contributed by atoms with Gasteiger partial charge in [-0.15, -0.1) is 11.6 Å². The van der Waals surface area contributed by atoms with E-state index in [-0.39, 0.29) is 0 Å². The average Bonchev–Trinajstić information content (AvgIpc) is 1.90. The van der Waals surface area contributed by atoms with Crippen LogP contribution in [0.2, 0.25) is 0 Å². The highest BCUT2D eigenvalue weighted by atomic mass is 35.5. The molecule has 1 rings (SSSR count). The van der Waals surface area contributed by atoms with Gasteiger partial charge in [0.15, 0.2) is 0 Å². The zero-order valence-electron chi connectivity index (χ0n) is 4.26. The first-order valence-corrected chi connectivity index (χ1v) is 2.84. The highest BCUT2D eigenvalue weighted by Gasteiger charge is 1.84. The summed E-state index contributed by atoms with van der Waals surface area (Å²) in [5, 5.41) is 0. The molecule has 0 fully saturated rings. The molecule has 0 saturated heterocycles. The molecule has 0 amide bonds. The number of halogens is 1. The Morgan fingerprint density at radius 1 is 1.75 bits per heavy atom. The van der Waals surface area contributed by atoms with Gasteiger partial charge >= 0.3 is 0 Å². The van der Waals surface area contributed by atoms with E-state index in [0.717, 1.165) is 5.69 Å². The summed E-state index contributed by atoms with van der Waals surface area (Å²) in [4.78, 5) is 3.91. The van der Waals surface area contributed by atoms with Crippen molar-refractivity contribution in [3.05, 3.63) is 30.1 Å². The van der Waals surface area contributed by atoms with Crippen molar-refractivity contribution in [2.75, 3.05) is 0 Å². The number of pyridine rings is 1. The van der Waals surface area contributed by atoms with E-state index >= 15 is 0 Å². The molecule has 0 spiro atoms. The first-order chi connectivity index (χ1) is 3.93. The Morgan fingerprint density at radius 2 is 2.62 bits per heavy atom. The second-order valence-electron chi connectivity index (χ2n) is 1.36. The maximum Gasteiger partial charge on any atom is 0.0653 e. The Morgan fingerprint density at radius 3 is 3.00 bits per heavy atom. The average molecular weight is 127 g/mol. The van der Waals surface area contributed by atoms with Gasteiger partial charge in [-0.2, -0.15) is 0 Å². The Hall–Kier alpha value is -0.560.